The van der Waals surface area contributed by atoms with E-state index in [9.17, 15) is 5.11 Å². The molecule has 0 saturated heterocycles. The lowest BCUT2D eigenvalue weighted by molar-refractivity contribution is 0.408. The van der Waals surface area contributed by atoms with Crippen LogP contribution in [0.3, 0.4) is 0 Å². The molecule has 0 spiro atoms. The number of methoxy groups -OCH3 is 1. The van der Waals surface area contributed by atoms with Crippen LogP contribution >= 0.6 is 0 Å². The van der Waals surface area contributed by atoms with Crippen molar-refractivity contribution < 1.29 is 9.84 Å². The van der Waals surface area contributed by atoms with Crippen molar-refractivity contribution in [2.45, 2.75) is 13.8 Å². The highest BCUT2D eigenvalue weighted by Crippen LogP contribution is 2.31. The average molecular weight is 359 g/mol. The molecule has 0 unspecified atom stereocenters. The summed E-state index contributed by atoms with van der Waals surface area (Å²) in [5.74, 6) is 2.15. The van der Waals surface area contributed by atoms with Crippen molar-refractivity contribution >= 4 is 5.57 Å². The van der Waals surface area contributed by atoms with Gasteiger partial charge in [-0.3, -0.25) is 0 Å². The Hall–Kier alpha value is -3.47. The van der Waals surface area contributed by atoms with Gasteiger partial charge in [-0.15, -0.1) is 0 Å². The highest BCUT2D eigenvalue weighted by atomic mass is 16.5. The van der Waals surface area contributed by atoms with E-state index in [1.807, 2.05) is 62.4 Å². The Morgan fingerprint density at radius 1 is 1.00 bits per heavy atom. The summed E-state index contributed by atoms with van der Waals surface area (Å²) in [6.45, 7) is 3.90. The largest absolute Gasteiger partial charge is 0.507 e. The summed E-state index contributed by atoms with van der Waals surface area (Å²) in [6.07, 6.45) is 5.83. The van der Waals surface area contributed by atoms with Crippen LogP contribution in [0, 0.1) is 0 Å². The summed E-state index contributed by atoms with van der Waals surface area (Å²) in [5, 5.41) is 10.4. The molecule has 5 nitrogen and oxygen atoms in total. The molecule has 0 saturated carbocycles. The van der Waals surface area contributed by atoms with E-state index in [2.05, 4.69) is 15.0 Å². The molecule has 0 amide bonds. The Kier molecular flexibility index (Phi) is 5.61. The van der Waals surface area contributed by atoms with Gasteiger partial charge in [-0.05, 0) is 31.6 Å². The fourth-order valence-corrected chi connectivity index (χ4v) is 2.53. The first-order chi connectivity index (χ1) is 13.1. The third-order valence-corrected chi connectivity index (χ3v) is 4.00. The van der Waals surface area contributed by atoms with Gasteiger partial charge in [-0.2, -0.15) is 0 Å². The molecule has 0 atom stereocenters. The normalized spacial score (nSPS) is 11.7. The molecule has 1 N–H and O–H groups in total. The Morgan fingerprint density at radius 2 is 1.74 bits per heavy atom. The molecule has 5 heteroatoms. The van der Waals surface area contributed by atoms with E-state index in [0.29, 0.717) is 28.8 Å². The predicted octanol–water partition coefficient (Wildman–Crippen LogP) is 4.90. The molecule has 0 aliphatic rings. The van der Waals surface area contributed by atoms with E-state index in [0.717, 1.165) is 11.1 Å². The smallest absolute Gasteiger partial charge is 0.167 e. The number of aromatic nitrogens is 3. The summed E-state index contributed by atoms with van der Waals surface area (Å²) in [4.78, 5) is 13.8. The van der Waals surface area contributed by atoms with Crippen molar-refractivity contribution in [1.29, 1.82) is 0 Å². The number of nitrogens with zero attached hydrogens (tertiary/aromatic N) is 3. The summed E-state index contributed by atoms with van der Waals surface area (Å²) in [7, 11) is 1.55. The number of benzene rings is 2. The first kappa shape index (κ1) is 18.3. The topological polar surface area (TPSA) is 68.1 Å². The molecule has 0 aliphatic heterocycles. The molecule has 0 aliphatic carbocycles. The maximum absolute atomic E-state index is 10.4. The van der Waals surface area contributed by atoms with Crippen LogP contribution in [0.5, 0.6) is 11.5 Å². The zero-order valence-electron chi connectivity index (χ0n) is 15.5. The number of phenols is 1. The summed E-state index contributed by atoms with van der Waals surface area (Å²) in [6, 6.07) is 14.8. The fourth-order valence-electron chi connectivity index (χ4n) is 2.53. The van der Waals surface area contributed by atoms with Crippen LogP contribution in [-0.2, 0) is 0 Å². The minimum atomic E-state index is 0.0561. The molecule has 0 radical (unpaired) electrons. The minimum Gasteiger partial charge on any atom is -0.507 e. The van der Waals surface area contributed by atoms with Gasteiger partial charge in [-0.1, -0.05) is 48.6 Å². The molecular weight excluding hydrogens is 338 g/mol. The van der Waals surface area contributed by atoms with Crippen LogP contribution in [0.15, 0.2) is 66.8 Å². The second-order valence-corrected chi connectivity index (χ2v) is 5.93. The Morgan fingerprint density at radius 3 is 2.41 bits per heavy atom. The number of allylic oxidation sites excluding steroid dienone is 4. The van der Waals surface area contributed by atoms with E-state index in [1.165, 1.54) is 0 Å². The molecule has 0 fully saturated rings. The lowest BCUT2D eigenvalue weighted by Crippen LogP contribution is -2.02. The maximum atomic E-state index is 10.4. The monoisotopic (exact) mass is 359 g/mol. The van der Waals surface area contributed by atoms with Gasteiger partial charge >= 0.3 is 0 Å². The van der Waals surface area contributed by atoms with E-state index in [4.69, 9.17) is 4.74 Å². The van der Waals surface area contributed by atoms with Crippen molar-refractivity contribution in [2.24, 2.45) is 0 Å². The Balaban J connectivity index is 2.18. The van der Waals surface area contributed by atoms with Gasteiger partial charge in [0.2, 0.25) is 0 Å². The molecule has 1 aromatic heterocycles. The van der Waals surface area contributed by atoms with E-state index in [1.54, 1.807) is 25.3 Å². The van der Waals surface area contributed by atoms with Crippen LogP contribution in [0.1, 0.15) is 19.7 Å². The maximum Gasteiger partial charge on any atom is 0.167 e. The molecule has 0 bridgehead atoms. The van der Waals surface area contributed by atoms with Crippen molar-refractivity contribution in [1.82, 2.24) is 15.0 Å². The first-order valence-corrected chi connectivity index (χ1v) is 8.61. The fraction of sp³-hybridized carbons (Fsp3) is 0.136. The van der Waals surface area contributed by atoms with Gasteiger partial charge in [0.15, 0.2) is 17.5 Å². The van der Waals surface area contributed by atoms with Crippen molar-refractivity contribution in [3.63, 3.8) is 0 Å². The third kappa shape index (κ3) is 4.20. The molecular formula is C22H21N3O2. The van der Waals surface area contributed by atoms with Gasteiger partial charge in [0.1, 0.15) is 11.5 Å². The first-order valence-electron chi connectivity index (χ1n) is 8.61. The van der Waals surface area contributed by atoms with Gasteiger partial charge in [0.25, 0.3) is 0 Å². The zero-order chi connectivity index (χ0) is 19.2. The average Bonchev–Trinajstić information content (AvgIpc) is 2.72. The van der Waals surface area contributed by atoms with Crippen LogP contribution in [0.4, 0.5) is 0 Å². The summed E-state index contributed by atoms with van der Waals surface area (Å²) in [5.41, 5.74) is 2.31. The van der Waals surface area contributed by atoms with E-state index >= 15 is 0 Å². The van der Waals surface area contributed by atoms with Gasteiger partial charge in [0.05, 0.1) is 12.7 Å². The standard InChI is InChI=1S/C22H21N3O2/c1-4-5-9-15(2)20-23-21(16-10-7-6-8-11-16)25-22(24-20)18-13-12-17(27-3)14-19(18)26/h4-14,26H,1-3H3/b5-4-,15-9+. The van der Waals surface area contributed by atoms with E-state index in [-0.39, 0.29) is 5.75 Å². The highest BCUT2D eigenvalue weighted by molar-refractivity contribution is 5.70. The number of hydrogen-bond acceptors (Lipinski definition) is 5. The SMILES string of the molecule is C/C=C\C=C(/C)c1nc(-c2ccccc2)nc(-c2ccc(OC)cc2O)n1. The summed E-state index contributed by atoms with van der Waals surface area (Å²) >= 11 is 0. The molecule has 1 heterocycles. The lowest BCUT2D eigenvalue weighted by atomic mass is 10.1. The van der Waals surface area contributed by atoms with Crippen LogP contribution in [-0.4, -0.2) is 27.2 Å². The molecule has 3 aromatic rings. The molecule has 136 valence electrons. The van der Waals surface area contributed by atoms with Gasteiger partial charge in [-0.25, -0.2) is 15.0 Å². The quantitative estimate of drug-likeness (QED) is 0.656. The highest BCUT2D eigenvalue weighted by Gasteiger charge is 2.14. The number of phenolic OH excluding ortho intramolecular Hbond substituents is 1. The number of rotatable bonds is 5. The summed E-state index contributed by atoms with van der Waals surface area (Å²) < 4.78 is 5.16. The van der Waals surface area contributed by atoms with Crippen molar-refractivity contribution in [2.75, 3.05) is 7.11 Å². The van der Waals surface area contributed by atoms with E-state index < -0.39 is 0 Å². The van der Waals surface area contributed by atoms with Crippen LogP contribution in [0.2, 0.25) is 0 Å². The van der Waals surface area contributed by atoms with Crippen molar-refractivity contribution in [3.05, 3.63) is 72.6 Å². The van der Waals surface area contributed by atoms with Crippen molar-refractivity contribution in [3.8, 4) is 34.3 Å². The van der Waals surface area contributed by atoms with Crippen LogP contribution in [0.25, 0.3) is 28.3 Å². The Bertz CT molecular complexity index is 996. The second kappa shape index (κ2) is 8.27. The number of hydrogen-bond donors (Lipinski definition) is 1. The number of ether oxygens (including phenoxy) is 1. The third-order valence-electron chi connectivity index (χ3n) is 4.00. The Labute approximate surface area is 158 Å². The predicted molar refractivity (Wildman–Crippen MR) is 107 cm³/mol. The zero-order valence-corrected chi connectivity index (χ0v) is 15.5. The molecule has 2 aromatic carbocycles. The minimum absolute atomic E-state index is 0.0561. The second-order valence-electron chi connectivity index (χ2n) is 5.93. The molecule has 3 rings (SSSR count). The van der Waals surface area contributed by atoms with Gasteiger partial charge in [0, 0.05) is 11.6 Å². The van der Waals surface area contributed by atoms with Crippen LogP contribution < -0.4 is 4.74 Å². The number of aromatic hydroxyl groups is 1. The van der Waals surface area contributed by atoms with Gasteiger partial charge < -0.3 is 9.84 Å². The molecule has 27 heavy (non-hydrogen) atoms. The lowest BCUT2D eigenvalue weighted by Gasteiger charge is -2.10.